The molecule has 1 aliphatic heterocycles. The number of carboxylic acid groups (broad SMARTS) is 1. The Morgan fingerprint density at radius 2 is 1.94 bits per heavy atom. The second kappa shape index (κ2) is 7.33. The minimum absolute atomic E-state index is 0.0445. The number of piperidine rings is 1. The number of nitrogens with two attached hydrogens (primary N) is 1. The molecule has 6 nitrogen and oxygen atoms in total. The minimum Gasteiger partial charge on any atom is -0.481 e. The molecule has 1 atom stereocenters. The first-order valence-electron chi connectivity index (χ1n) is 6.43. The largest absolute Gasteiger partial charge is 0.481 e. The molecule has 104 valence electrons. The predicted molar refractivity (Wildman–Crippen MR) is 65.9 cm³/mol. The highest BCUT2D eigenvalue weighted by Gasteiger charge is 2.26. The van der Waals surface area contributed by atoms with E-state index in [2.05, 4.69) is 0 Å². The summed E-state index contributed by atoms with van der Waals surface area (Å²) in [5, 5.41) is 18.1. The number of hydrogen-bond donors (Lipinski definition) is 3. The maximum absolute atomic E-state index is 11.8. The van der Waals surface area contributed by atoms with E-state index in [4.69, 9.17) is 10.8 Å². The number of carboxylic acids is 1. The van der Waals surface area contributed by atoms with Gasteiger partial charge in [-0.25, -0.2) is 0 Å². The molecule has 1 fully saturated rings. The van der Waals surface area contributed by atoms with E-state index in [1.165, 1.54) is 0 Å². The summed E-state index contributed by atoms with van der Waals surface area (Å²) in [6.07, 6.45) is 2.09. The zero-order valence-electron chi connectivity index (χ0n) is 10.5. The van der Waals surface area contributed by atoms with Crippen LogP contribution in [0.5, 0.6) is 0 Å². The van der Waals surface area contributed by atoms with E-state index in [1.807, 2.05) is 0 Å². The Morgan fingerprint density at radius 3 is 2.44 bits per heavy atom. The maximum atomic E-state index is 11.8. The van der Waals surface area contributed by atoms with Gasteiger partial charge < -0.3 is 20.8 Å². The standard InChI is InChI=1S/C12H22N2O4/c13-8-10(15)2-1-3-11(16)14-6-4-9(5-7-14)12(17)18/h9-10,15H,1-8,13H2,(H,17,18)/t10-/m0/s1. The summed E-state index contributed by atoms with van der Waals surface area (Å²) in [6.45, 7) is 1.27. The third-order valence-corrected chi connectivity index (χ3v) is 3.40. The molecule has 1 heterocycles. The fraction of sp³-hybridized carbons (Fsp3) is 0.833. The fourth-order valence-corrected chi connectivity index (χ4v) is 2.14. The van der Waals surface area contributed by atoms with E-state index in [0.29, 0.717) is 45.2 Å². The van der Waals surface area contributed by atoms with Crippen molar-refractivity contribution < 1.29 is 19.8 Å². The van der Waals surface area contributed by atoms with Gasteiger partial charge in [-0.05, 0) is 25.7 Å². The lowest BCUT2D eigenvalue weighted by molar-refractivity contribution is -0.145. The minimum atomic E-state index is -0.770. The first kappa shape index (κ1) is 14.9. The van der Waals surface area contributed by atoms with Gasteiger partial charge in [0.05, 0.1) is 12.0 Å². The van der Waals surface area contributed by atoms with Gasteiger partial charge in [-0.1, -0.05) is 0 Å². The van der Waals surface area contributed by atoms with Crippen LogP contribution in [0, 0.1) is 5.92 Å². The molecule has 0 spiro atoms. The average Bonchev–Trinajstić information content (AvgIpc) is 2.38. The third kappa shape index (κ3) is 4.62. The summed E-state index contributed by atoms with van der Waals surface area (Å²) in [6, 6.07) is 0. The van der Waals surface area contributed by atoms with Crippen LogP contribution in [0.25, 0.3) is 0 Å². The van der Waals surface area contributed by atoms with Crippen molar-refractivity contribution in [1.29, 1.82) is 0 Å². The summed E-state index contributed by atoms with van der Waals surface area (Å²) in [5.41, 5.74) is 5.27. The molecular formula is C12H22N2O4. The van der Waals surface area contributed by atoms with Crippen molar-refractivity contribution in [1.82, 2.24) is 4.90 Å². The predicted octanol–water partition coefficient (Wildman–Crippen LogP) is -0.201. The molecule has 1 amide bonds. The number of aliphatic hydroxyl groups excluding tert-OH is 1. The summed E-state index contributed by atoms with van der Waals surface area (Å²) >= 11 is 0. The average molecular weight is 258 g/mol. The molecule has 0 unspecified atom stereocenters. The number of carbonyl (C=O) groups is 2. The summed E-state index contributed by atoms with van der Waals surface area (Å²) in [5.74, 6) is -1.04. The molecule has 0 aromatic rings. The van der Waals surface area contributed by atoms with Gasteiger partial charge in [0.1, 0.15) is 0 Å². The second-order valence-corrected chi connectivity index (χ2v) is 4.78. The number of rotatable bonds is 6. The number of likely N-dealkylation sites (tertiary alicyclic amines) is 1. The SMILES string of the molecule is NC[C@@H](O)CCCC(=O)N1CCC(C(=O)O)CC1. The molecule has 0 bridgehead atoms. The first-order chi connectivity index (χ1) is 8.54. The lowest BCUT2D eigenvalue weighted by Gasteiger charge is -2.30. The number of aliphatic carboxylic acids is 1. The van der Waals surface area contributed by atoms with Gasteiger partial charge >= 0.3 is 5.97 Å². The van der Waals surface area contributed by atoms with E-state index in [0.717, 1.165) is 0 Å². The van der Waals surface area contributed by atoms with Crippen molar-refractivity contribution in [2.24, 2.45) is 11.7 Å². The lowest BCUT2D eigenvalue weighted by atomic mass is 9.97. The zero-order chi connectivity index (χ0) is 13.5. The summed E-state index contributed by atoms with van der Waals surface area (Å²) in [7, 11) is 0. The molecule has 0 aromatic heterocycles. The van der Waals surface area contributed by atoms with Crippen LogP contribution >= 0.6 is 0 Å². The topological polar surface area (TPSA) is 104 Å². The van der Waals surface area contributed by atoms with Crippen LogP contribution in [0.3, 0.4) is 0 Å². The number of nitrogens with zero attached hydrogens (tertiary/aromatic N) is 1. The van der Waals surface area contributed by atoms with Crippen LogP contribution in [0.4, 0.5) is 0 Å². The molecule has 0 radical (unpaired) electrons. The van der Waals surface area contributed by atoms with Gasteiger partial charge in [-0.15, -0.1) is 0 Å². The van der Waals surface area contributed by atoms with Gasteiger partial charge in [0.15, 0.2) is 0 Å². The van der Waals surface area contributed by atoms with Crippen molar-refractivity contribution in [2.75, 3.05) is 19.6 Å². The van der Waals surface area contributed by atoms with E-state index < -0.39 is 12.1 Å². The Morgan fingerprint density at radius 1 is 1.33 bits per heavy atom. The number of hydrogen-bond acceptors (Lipinski definition) is 4. The van der Waals surface area contributed by atoms with Crippen molar-refractivity contribution in [2.45, 2.75) is 38.2 Å². The third-order valence-electron chi connectivity index (χ3n) is 3.40. The highest BCUT2D eigenvalue weighted by Crippen LogP contribution is 2.18. The van der Waals surface area contributed by atoms with E-state index in [-0.39, 0.29) is 18.4 Å². The van der Waals surface area contributed by atoms with Gasteiger partial charge in [0.25, 0.3) is 0 Å². The molecule has 0 aromatic carbocycles. The Balaban J connectivity index is 2.22. The van der Waals surface area contributed by atoms with Crippen LogP contribution in [-0.4, -0.2) is 52.7 Å². The highest BCUT2D eigenvalue weighted by atomic mass is 16.4. The van der Waals surface area contributed by atoms with Gasteiger partial charge in [-0.2, -0.15) is 0 Å². The maximum Gasteiger partial charge on any atom is 0.306 e. The number of aliphatic hydroxyl groups is 1. The number of amides is 1. The van der Waals surface area contributed by atoms with Crippen molar-refractivity contribution >= 4 is 11.9 Å². The fourth-order valence-electron chi connectivity index (χ4n) is 2.14. The molecule has 1 aliphatic rings. The Hall–Kier alpha value is -1.14. The Labute approximate surface area is 107 Å². The molecule has 0 saturated carbocycles. The van der Waals surface area contributed by atoms with E-state index in [1.54, 1.807) is 4.90 Å². The zero-order valence-corrected chi connectivity index (χ0v) is 10.5. The molecular weight excluding hydrogens is 236 g/mol. The molecule has 18 heavy (non-hydrogen) atoms. The molecule has 6 heteroatoms. The van der Waals surface area contributed by atoms with Crippen LogP contribution in [0.15, 0.2) is 0 Å². The van der Waals surface area contributed by atoms with Gasteiger partial charge in [0, 0.05) is 26.1 Å². The van der Waals surface area contributed by atoms with Crippen LogP contribution in [-0.2, 0) is 9.59 Å². The quantitative estimate of drug-likeness (QED) is 0.612. The summed E-state index contributed by atoms with van der Waals surface area (Å²) < 4.78 is 0. The van der Waals surface area contributed by atoms with Crippen LogP contribution in [0.2, 0.25) is 0 Å². The monoisotopic (exact) mass is 258 g/mol. The van der Waals surface area contributed by atoms with Gasteiger partial charge in [-0.3, -0.25) is 9.59 Å². The normalized spacial score (nSPS) is 18.7. The number of carbonyl (C=O) groups excluding carboxylic acids is 1. The molecule has 1 rings (SSSR count). The molecule has 4 N–H and O–H groups in total. The smallest absolute Gasteiger partial charge is 0.306 e. The lowest BCUT2D eigenvalue weighted by Crippen LogP contribution is -2.40. The van der Waals surface area contributed by atoms with Crippen LogP contribution in [0.1, 0.15) is 32.1 Å². The van der Waals surface area contributed by atoms with Gasteiger partial charge in [0.2, 0.25) is 5.91 Å². The summed E-state index contributed by atoms with van der Waals surface area (Å²) in [4.78, 5) is 24.3. The molecule has 1 saturated heterocycles. The highest BCUT2D eigenvalue weighted by molar-refractivity contribution is 5.77. The molecule has 0 aliphatic carbocycles. The van der Waals surface area contributed by atoms with Crippen molar-refractivity contribution in [3.8, 4) is 0 Å². The Kier molecular flexibility index (Phi) is 6.07. The second-order valence-electron chi connectivity index (χ2n) is 4.78. The van der Waals surface area contributed by atoms with E-state index >= 15 is 0 Å². The van der Waals surface area contributed by atoms with Crippen molar-refractivity contribution in [3.05, 3.63) is 0 Å². The first-order valence-corrected chi connectivity index (χ1v) is 6.43. The van der Waals surface area contributed by atoms with Crippen LogP contribution < -0.4 is 5.73 Å². The Bertz CT molecular complexity index is 288. The van der Waals surface area contributed by atoms with Crippen molar-refractivity contribution in [3.63, 3.8) is 0 Å². The van der Waals surface area contributed by atoms with E-state index in [9.17, 15) is 14.7 Å².